The largest absolute Gasteiger partial charge is 0.481 e. The van der Waals surface area contributed by atoms with Gasteiger partial charge in [-0.05, 0) is 25.1 Å². The molecule has 0 radical (unpaired) electrons. The van der Waals surface area contributed by atoms with E-state index in [0.717, 1.165) is 12.1 Å². The molecule has 2 aromatic carbocycles. The van der Waals surface area contributed by atoms with E-state index in [4.69, 9.17) is 4.74 Å². The lowest BCUT2D eigenvalue weighted by Crippen LogP contribution is -2.31. The highest BCUT2D eigenvalue weighted by Gasteiger charge is 2.15. The van der Waals surface area contributed by atoms with E-state index in [9.17, 15) is 18.0 Å². The normalized spacial score (nSPS) is 11.8. The van der Waals surface area contributed by atoms with Crippen LogP contribution in [0.1, 0.15) is 18.5 Å². The maximum Gasteiger partial charge on any atom is 0.258 e. The number of benzene rings is 2. The molecule has 0 bridgehead atoms. The van der Waals surface area contributed by atoms with Crippen molar-refractivity contribution in [1.29, 1.82) is 0 Å². The fourth-order valence-electron chi connectivity index (χ4n) is 1.92. The maximum atomic E-state index is 13.6. The summed E-state index contributed by atoms with van der Waals surface area (Å²) in [7, 11) is 0. The van der Waals surface area contributed by atoms with Crippen molar-refractivity contribution in [2.75, 3.05) is 6.61 Å². The van der Waals surface area contributed by atoms with Gasteiger partial charge in [0, 0.05) is 11.6 Å². The Morgan fingerprint density at radius 1 is 1.14 bits per heavy atom. The molecule has 2 rings (SSSR count). The maximum absolute atomic E-state index is 13.6. The molecule has 6 heteroatoms. The lowest BCUT2D eigenvalue weighted by molar-refractivity contribution is -0.123. The predicted molar refractivity (Wildman–Crippen MR) is 74.8 cm³/mol. The number of para-hydroxylation sites is 1. The molecule has 22 heavy (non-hydrogen) atoms. The summed E-state index contributed by atoms with van der Waals surface area (Å²) in [4.78, 5) is 11.7. The van der Waals surface area contributed by atoms with Crippen LogP contribution in [0.3, 0.4) is 0 Å². The second kappa shape index (κ2) is 6.98. The zero-order valence-corrected chi connectivity index (χ0v) is 11.8. The van der Waals surface area contributed by atoms with Crippen molar-refractivity contribution in [2.24, 2.45) is 0 Å². The van der Waals surface area contributed by atoms with Gasteiger partial charge in [0.2, 0.25) is 0 Å². The molecule has 0 saturated heterocycles. The first kappa shape index (κ1) is 15.9. The zero-order valence-electron chi connectivity index (χ0n) is 11.8. The third kappa shape index (κ3) is 4.00. The van der Waals surface area contributed by atoms with Crippen LogP contribution in [0.25, 0.3) is 0 Å². The summed E-state index contributed by atoms with van der Waals surface area (Å²) in [6, 6.07) is 8.12. The van der Waals surface area contributed by atoms with Gasteiger partial charge in [-0.15, -0.1) is 0 Å². The number of nitrogens with one attached hydrogen (secondary N) is 1. The van der Waals surface area contributed by atoms with Gasteiger partial charge in [-0.3, -0.25) is 4.79 Å². The van der Waals surface area contributed by atoms with Gasteiger partial charge in [0.25, 0.3) is 5.91 Å². The Morgan fingerprint density at radius 3 is 2.55 bits per heavy atom. The van der Waals surface area contributed by atoms with E-state index in [1.165, 1.54) is 24.3 Å². The summed E-state index contributed by atoms with van der Waals surface area (Å²) < 4.78 is 44.8. The van der Waals surface area contributed by atoms with Crippen LogP contribution in [0.4, 0.5) is 13.2 Å². The van der Waals surface area contributed by atoms with E-state index in [-0.39, 0.29) is 11.3 Å². The van der Waals surface area contributed by atoms with E-state index < -0.39 is 36.0 Å². The molecule has 0 aliphatic rings. The van der Waals surface area contributed by atoms with E-state index >= 15 is 0 Å². The molecular weight excluding hydrogens is 295 g/mol. The highest BCUT2D eigenvalue weighted by atomic mass is 19.1. The Bertz CT molecular complexity index is 676. The Labute approximate surface area is 125 Å². The van der Waals surface area contributed by atoms with Crippen molar-refractivity contribution >= 4 is 5.91 Å². The van der Waals surface area contributed by atoms with Gasteiger partial charge >= 0.3 is 0 Å². The highest BCUT2D eigenvalue weighted by molar-refractivity contribution is 5.78. The summed E-state index contributed by atoms with van der Waals surface area (Å²) in [6.07, 6.45) is 0. The fourth-order valence-corrected chi connectivity index (χ4v) is 1.92. The number of amides is 1. The lowest BCUT2D eigenvalue weighted by atomic mass is 10.1. The Balaban J connectivity index is 1.93. The van der Waals surface area contributed by atoms with Crippen LogP contribution in [-0.4, -0.2) is 12.5 Å². The molecule has 0 aliphatic carbocycles. The van der Waals surface area contributed by atoms with Crippen LogP contribution in [0.15, 0.2) is 42.5 Å². The van der Waals surface area contributed by atoms with Crippen LogP contribution in [-0.2, 0) is 4.79 Å². The molecule has 2 aromatic rings. The molecule has 1 N–H and O–H groups in total. The average Bonchev–Trinajstić information content (AvgIpc) is 2.46. The minimum absolute atomic E-state index is 0.0433. The molecule has 116 valence electrons. The molecule has 0 heterocycles. The Morgan fingerprint density at radius 2 is 1.86 bits per heavy atom. The van der Waals surface area contributed by atoms with Crippen LogP contribution in [0.2, 0.25) is 0 Å². The summed E-state index contributed by atoms with van der Waals surface area (Å²) in [5.74, 6) is -2.60. The van der Waals surface area contributed by atoms with Crippen molar-refractivity contribution in [3.63, 3.8) is 0 Å². The second-order valence-corrected chi connectivity index (χ2v) is 4.67. The van der Waals surface area contributed by atoms with Crippen molar-refractivity contribution < 1.29 is 22.7 Å². The molecule has 0 aliphatic heterocycles. The molecule has 0 spiro atoms. The quantitative estimate of drug-likeness (QED) is 0.920. The monoisotopic (exact) mass is 309 g/mol. The minimum Gasteiger partial charge on any atom is -0.481 e. The van der Waals surface area contributed by atoms with E-state index in [1.807, 2.05) is 0 Å². The smallest absolute Gasteiger partial charge is 0.258 e. The predicted octanol–water partition coefficient (Wildman–Crippen LogP) is 3.36. The van der Waals surface area contributed by atoms with E-state index in [0.29, 0.717) is 0 Å². The molecule has 3 nitrogen and oxygen atoms in total. The van der Waals surface area contributed by atoms with Gasteiger partial charge in [0.1, 0.15) is 11.6 Å². The molecule has 1 atom stereocenters. The molecule has 0 fully saturated rings. The highest BCUT2D eigenvalue weighted by Crippen LogP contribution is 2.18. The zero-order chi connectivity index (χ0) is 16.1. The van der Waals surface area contributed by atoms with Crippen molar-refractivity contribution in [3.8, 4) is 5.75 Å². The first-order valence-corrected chi connectivity index (χ1v) is 6.59. The molecule has 0 saturated carbocycles. The molecular formula is C16H14F3NO2. The van der Waals surface area contributed by atoms with Crippen LogP contribution in [0, 0.1) is 17.5 Å². The van der Waals surface area contributed by atoms with Gasteiger partial charge in [-0.25, -0.2) is 13.2 Å². The Hall–Kier alpha value is -2.50. The van der Waals surface area contributed by atoms with Crippen molar-refractivity contribution in [2.45, 2.75) is 13.0 Å². The number of hydrogen-bond acceptors (Lipinski definition) is 2. The van der Waals surface area contributed by atoms with Gasteiger partial charge in [-0.2, -0.15) is 0 Å². The summed E-state index contributed by atoms with van der Waals surface area (Å²) in [6.45, 7) is 1.14. The van der Waals surface area contributed by atoms with Crippen LogP contribution >= 0.6 is 0 Å². The number of hydrogen-bond donors (Lipinski definition) is 1. The third-order valence-electron chi connectivity index (χ3n) is 3.00. The van der Waals surface area contributed by atoms with Crippen molar-refractivity contribution in [1.82, 2.24) is 5.32 Å². The summed E-state index contributed by atoms with van der Waals surface area (Å²) >= 11 is 0. The number of halogens is 3. The molecule has 1 amide bonds. The first-order valence-electron chi connectivity index (χ1n) is 6.59. The summed E-state index contributed by atoms with van der Waals surface area (Å²) in [5, 5.41) is 2.50. The van der Waals surface area contributed by atoms with Crippen molar-refractivity contribution in [3.05, 3.63) is 65.5 Å². The standard InChI is InChI=1S/C16H14F3NO2/c1-10(12-7-6-11(17)8-14(12)19)20-16(21)9-22-15-5-3-2-4-13(15)18/h2-8,10H,9H2,1H3,(H,20,21)/t10-/m1/s1. The minimum atomic E-state index is -0.747. The number of rotatable bonds is 5. The molecule has 0 aromatic heterocycles. The SMILES string of the molecule is C[C@@H](NC(=O)COc1ccccc1F)c1ccc(F)cc1F. The fraction of sp³-hybridized carbons (Fsp3) is 0.188. The second-order valence-electron chi connectivity index (χ2n) is 4.67. The van der Waals surface area contributed by atoms with E-state index in [2.05, 4.69) is 5.32 Å². The summed E-state index contributed by atoms with van der Waals surface area (Å²) in [5.41, 5.74) is 0.153. The molecule has 0 unspecified atom stereocenters. The number of carbonyl (C=O) groups is 1. The Kier molecular flexibility index (Phi) is 5.04. The van der Waals surface area contributed by atoms with Crippen LogP contribution < -0.4 is 10.1 Å². The third-order valence-corrected chi connectivity index (χ3v) is 3.00. The van der Waals surface area contributed by atoms with Gasteiger partial charge < -0.3 is 10.1 Å². The topological polar surface area (TPSA) is 38.3 Å². The van der Waals surface area contributed by atoms with Crippen LogP contribution in [0.5, 0.6) is 5.75 Å². The lowest BCUT2D eigenvalue weighted by Gasteiger charge is -2.15. The average molecular weight is 309 g/mol. The van der Waals surface area contributed by atoms with E-state index in [1.54, 1.807) is 13.0 Å². The van der Waals surface area contributed by atoms with Gasteiger partial charge in [0.15, 0.2) is 18.2 Å². The van der Waals surface area contributed by atoms with Gasteiger partial charge in [0.05, 0.1) is 6.04 Å². The van der Waals surface area contributed by atoms with Gasteiger partial charge in [-0.1, -0.05) is 18.2 Å². The first-order chi connectivity index (χ1) is 10.5. The number of ether oxygens (including phenoxy) is 1. The number of carbonyl (C=O) groups excluding carboxylic acids is 1.